The molecule has 6 atom stereocenters. The zero-order chi connectivity index (χ0) is 21.4. The fraction of sp³-hybridized carbons (Fsp3) is 0.320. The number of benzene rings is 2. The molecule has 3 fully saturated rings. The Hall–Kier alpha value is -2.92. The summed E-state index contributed by atoms with van der Waals surface area (Å²) in [6.45, 7) is 1.89. The van der Waals surface area contributed by atoms with Crippen molar-refractivity contribution >= 4 is 40.7 Å². The minimum absolute atomic E-state index is 0.123. The van der Waals surface area contributed by atoms with Crippen molar-refractivity contribution in [1.29, 1.82) is 0 Å². The highest BCUT2D eigenvalue weighted by molar-refractivity contribution is 6.31. The second-order valence-electron chi connectivity index (χ2n) is 9.13. The smallest absolute Gasteiger partial charge is 0.255 e. The summed E-state index contributed by atoms with van der Waals surface area (Å²) in [5.74, 6) is 0.416. The number of nitrogens with zero attached hydrogens (tertiary/aromatic N) is 1. The van der Waals surface area contributed by atoms with Crippen molar-refractivity contribution in [3.05, 3.63) is 70.8 Å². The Morgan fingerprint density at radius 1 is 1.00 bits per heavy atom. The number of imide groups is 1. The predicted molar refractivity (Wildman–Crippen MR) is 118 cm³/mol. The van der Waals surface area contributed by atoms with Crippen molar-refractivity contribution in [3.8, 4) is 0 Å². The lowest BCUT2D eigenvalue weighted by molar-refractivity contribution is -0.124. The summed E-state index contributed by atoms with van der Waals surface area (Å²) in [5.41, 5.74) is 2.36. The topological polar surface area (TPSA) is 66.5 Å². The molecule has 1 N–H and O–H groups in total. The minimum atomic E-state index is -0.318. The largest absolute Gasteiger partial charge is 0.322 e. The zero-order valence-electron chi connectivity index (χ0n) is 16.9. The SMILES string of the molecule is Cc1ccc(NC(=O)c2cccc(N3C(=O)[C@@H]4[C@@H]5C=C[C@H]([C@H]6C[C@H]56)[C@@H]4C3=O)c2)cc1Cl. The van der Waals surface area contributed by atoms with E-state index in [0.29, 0.717) is 33.8 Å². The molecule has 2 aromatic carbocycles. The predicted octanol–water partition coefficient (Wildman–Crippen LogP) is 4.46. The number of carbonyl (C=O) groups excluding carboxylic acids is 3. The minimum Gasteiger partial charge on any atom is -0.322 e. The van der Waals surface area contributed by atoms with Crippen molar-refractivity contribution in [1.82, 2.24) is 0 Å². The van der Waals surface area contributed by atoms with Crippen LogP contribution in [0.4, 0.5) is 11.4 Å². The fourth-order valence-corrected chi connectivity index (χ4v) is 6.05. The quantitative estimate of drug-likeness (QED) is 0.575. The van der Waals surface area contributed by atoms with Crippen LogP contribution in [-0.4, -0.2) is 17.7 Å². The number of anilines is 2. The lowest BCUT2D eigenvalue weighted by Gasteiger charge is -2.37. The highest BCUT2D eigenvalue weighted by Crippen LogP contribution is 2.65. The third kappa shape index (κ3) is 2.72. The van der Waals surface area contributed by atoms with Crippen LogP contribution >= 0.6 is 11.6 Å². The molecule has 31 heavy (non-hydrogen) atoms. The van der Waals surface area contributed by atoms with Crippen molar-refractivity contribution in [3.63, 3.8) is 0 Å². The number of aryl methyl sites for hydroxylation is 1. The summed E-state index contributed by atoms with van der Waals surface area (Å²) >= 11 is 6.15. The van der Waals surface area contributed by atoms with Gasteiger partial charge in [-0.1, -0.05) is 35.9 Å². The molecule has 0 spiro atoms. The van der Waals surface area contributed by atoms with E-state index in [-0.39, 0.29) is 41.4 Å². The number of allylic oxidation sites excluding steroid dienone is 2. The fourth-order valence-electron chi connectivity index (χ4n) is 5.87. The number of hydrogen-bond donors (Lipinski definition) is 1. The first-order valence-corrected chi connectivity index (χ1v) is 11.1. The van der Waals surface area contributed by atoms with Gasteiger partial charge in [-0.05, 0) is 72.9 Å². The van der Waals surface area contributed by atoms with E-state index in [4.69, 9.17) is 11.6 Å². The molecule has 0 radical (unpaired) electrons. The van der Waals surface area contributed by atoms with Crippen LogP contribution in [0.25, 0.3) is 0 Å². The summed E-state index contributed by atoms with van der Waals surface area (Å²) in [6.07, 6.45) is 5.45. The van der Waals surface area contributed by atoms with Crippen molar-refractivity contribution < 1.29 is 14.4 Å². The molecule has 6 heteroatoms. The molecule has 2 saturated carbocycles. The van der Waals surface area contributed by atoms with Crippen LogP contribution in [0.2, 0.25) is 5.02 Å². The van der Waals surface area contributed by atoms with Gasteiger partial charge in [-0.25, -0.2) is 4.90 Å². The van der Waals surface area contributed by atoms with Gasteiger partial charge in [0.05, 0.1) is 17.5 Å². The first kappa shape index (κ1) is 18.8. The van der Waals surface area contributed by atoms with Crippen LogP contribution in [0.1, 0.15) is 22.3 Å². The van der Waals surface area contributed by atoms with Gasteiger partial charge in [0.15, 0.2) is 0 Å². The molecule has 1 heterocycles. The van der Waals surface area contributed by atoms with E-state index in [1.807, 2.05) is 13.0 Å². The molecule has 1 aliphatic heterocycles. The summed E-state index contributed by atoms with van der Waals surface area (Å²) in [6, 6.07) is 12.0. The molecule has 3 amide bonds. The normalized spacial score (nSPS) is 32.1. The van der Waals surface area contributed by atoms with Gasteiger partial charge in [-0.2, -0.15) is 0 Å². The van der Waals surface area contributed by atoms with Crippen LogP contribution in [-0.2, 0) is 9.59 Å². The van der Waals surface area contributed by atoms with Gasteiger partial charge in [0.2, 0.25) is 11.8 Å². The number of hydrogen-bond acceptors (Lipinski definition) is 3. The third-order valence-electron chi connectivity index (χ3n) is 7.46. The molecule has 1 saturated heterocycles. The molecule has 4 aliphatic carbocycles. The van der Waals surface area contributed by atoms with Gasteiger partial charge in [0.25, 0.3) is 5.91 Å². The maximum Gasteiger partial charge on any atom is 0.255 e. The van der Waals surface area contributed by atoms with Crippen LogP contribution in [0.5, 0.6) is 0 Å². The third-order valence-corrected chi connectivity index (χ3v) is 7.87. The number of rotatable bonds is 3. The molecule has 5 nitrogen and oxygen atoms in total. The zero-order valence-corrected chi connectivity index (χ0v) is 17.7. The van der Waals surface area contributed by atoms with Crippen molar-refractivity contribution in [2.24, 2.45) is 35.5 Å². The van der Waals surface area contributed by atoms with Gasteiger partial charge in [0.1, 0.15) is 0 Å². The summed E-state index contributed by atoms with van der Waals surface area (Å²) in [4.78, 5) is 40.7. The van der Waals surface area contributed by atoms with Crippen molar-refractivity contribution in [2.75, 3.05) is 10.2 Å². The molecular formula is C25H21ClN2O3. The molecule has 2 aromatic rings. The lowest BCUT2D eigenvalue weighted by Crippen LogP contribution is -2.40. The number of carbonyl (C=O) groups is 3. The first-order chi connectivity index (χ1) is 14.9. The van der Waals surface area contributed by atoms with Gasteiger partial charge in [0, 0.05) is 16.3 Å². The van der Waals surface area contributed by atoms with Crippen LogP contribution < -0.4 is 10.2 Å². The molecule has 5 aliphatic rings. The highest BCUT2D eigenvalue weighted by atomic mass is 35.5. The average Bonchev–Trinajstić information content (AvgIpc) is 3.54. The lowest BCUT2D eigenvalue weighted by atomic mass is 9.63. The number of amides is 3. The van der Waals surface area contributed by atoms with Crippen molar-refractivity contribution in [2.45, 2.75) is 13.3 Å². The van der Waals surface area contributed by atoms with Gasteiger partial charge in [-0.3, -0.25) is 14.4 Å². The Kier molecular flexibility index (Phi) is 3.97. The maximum absolute atomic E-state index is 13.3. The average molecular weight is 433 g/mol. The van der Waals surface area contributed by atoms with E-state index in [9.17, 15) is 14.4 Å². The molecule has 0 unspecified atom stereocenters. The second kappa shape index (κ2) is 6.54. The van der Waals surface area contributed by atoms with E-state index < -0.39 is 0 Å². The standard InChI is InChI=1S/C25H21ClN2O3/c1-12-5-6-14(10-20(12)26)27-23(29)13-3-2-4-15(9-13)28-24(30)21-16-7-8-17(19-11-18(16)19)22(21)25(28)31/h2-10,16-19,21-22H,11H2,1H3,(H,27,29)/t16-,17-,18-,19-,21-,22+/m1/s1. The number of halogens is 1. The number of nitrogens with one attached hydrogen (secondary N) is 1. The van der Waals surface area contributed by atoms with E-state index in [0.717, 1.165) is 12.0 Å². The highest BCUT2D eigenvalue weighted by Gasteiger charge is 2.67. The summed E-state index contributed by atoms with van der Waals surface area (Å²) < 4.78 is 0. The molecule has 156 valence electrons. The molecule has 2 bridgehead atoms. The van der Waals surface area contributed by atoms with E-state index in [1.165, 1.54) is 4.90 Å². The first-order valence-electron chi connectivity index (χ1n) is 10.7. The Bertz CT molecular complexity index is 1150. The molecule has 0 aromatic heterocycles. The summed E-state index contributed by atoms with van der Waals surface area (Å²) in [7, 11) is 0. The Balaban J connectivity index is 1.28. The monoisotopic (exact) mass is 432 g/mol. The maximum atomic E-state index is 13.3. The van der Waals surface area contributed by atoms with Gasteiger partial charge < -0.3 is 5.32 Å². The molecular weight excluding hydrogens is 412 g/mol. The Morgan fingerprint density at radius 2 is 1.68 bits per heavy atom. The van der Waals surface area contributed by atoms with Gasteiger partial charge in [-0.15, -0.1) is 0 Å². The van der Waals surface area contributed by atoms with Gasteiger partial charge >= 0.3 is 0 Å². The Morgan fingerprint density at radius 3 is 2.32 bits per heavy atom. The molecule has 7 rings (SSSR count). The Labute approximate surface area is 185 Å². The van der Waals surface area contributed by atoms with Crippen LogP contribution in [0.15, 0.2) is 54.6 Å². The van der Waals surface area contributed by atoms with Crippen LogP contribution in [0, 0.1) is 42.4 Å². The van der Waals surface area contributed by atoms with Crippen LogP contribution in [0.3, 0.4) is 0 Å². The second-order valence-corrected chi connectivity index (χ2v) is 9.54. The van der Waals surface area contributed by atoms with E-state index in [1.54, 1.807) is 36.4 Å². The van der Waals surface area contributed by atoms with E-state index in [2.05, 4.69) is 17.5 Å². The summed E-state index contributed by atoms with van der Waals surface area (Å²) in [5, 5.41) is 3.40. The van der Waals surface area contributed by atoms with E-state index >= 15 is 0 Å².